The van der Waals surface area contributed by atoms with Gasteiger partial charge in [-0.2, -0.15) is 0 Å². The van der Waals surface area contributed by atoms with E-state index in [0.717, 1.165) is 12.8 Å². The number of hydrogen-bond acceptors (Lipinski definition) is 2. The zero-order valence-corrected chi connectivity index (χ0v) is 6.71. The highest BCUT2D eigenvalue weighted by molar-refractivity contribution is 5.66. The van der Waals surface area contributed by atoms with Crippen LogP contribution in [0.5, 0.6) is 0 Å². The molecule has 1 unspecified atom stereocenters. The summed E-state index contributed by atoms with van der Waals surface area (Å²) in [6.07, 6.45) is 2.55. The molecule has 0 aromatic rings. The maximum Gasteiger partial charge on any atom is 0.303 e. The van der Waals surface area contributed by atoms with Crippen molar-refractivity contribution in [2.75, 3.05) is 0 Å². The minimum Gasteiger partial charge on any atom is -0.481 e. The summed E-state index contributed by atoms with van der Waals surface area (Å²) in [5, 5.41) is 18.0. The Kier molecular flexibility index (Phi) is 2.18. The second-order valence-corrected chi connectivity index (χ2v) is 3.53. The lowest BCUT2D eigenvalue weighted by Crippen LogP contribution is -2.27. The zero-order chi connectivity index (χ0) is 8.48. The fourth-order valence-corrected chi connectivity index (χ4v) is 1.27. The highest BCUT2D eigenvalue weighted by Gasteiger charge is 2.39. The minimum atomic E-state index is -0.828. The lowest BCUT2D eigenvalue weighted by molar-refractivity contribution is -0.138. The Morgan fingerprint density at radius 2 is 2.18 bits per heavy atom. The van der Waals surface area contributed by atoms with Crippen LogP contribution < -0.4 is 0 Å². The molecule has 3 nitrogen and oxygen atoms in total. The Bertz CT molecular complexity index is 159. The Labute approximate surface area is 66.0 Å². The fraction of sp³-hybridized carbons (Fsp3) is 0.875. The molecule has 0 radical (unpaired) electrons. The van der Waals surface area contributed by atoms with Gasteiger partial charge in [-0.3, -0.25) is 4.79 Å². The lowest BCUT2D eigenvalue weighted by atomic mass is 9.95. The Morgan fingerprint density at radius 3 is 2.55 bits per heavy atom. The van der Waals surface area contributed by atoms with Crippen molar-refractivity contribution < 1.29 is 15.0 Å². The van der Waals surface area contributed by atoms with Gasteiger partial charge in [-0.15, -0.1) is 0 Å². The number of carboxylic acid groups (broad SMARTS) is 1. The van der Waals surface area contributed by atoms with Crippen LogP contribution in [0.4, 0.5) is 0 Å². The van der Waals surface area contributed by atoms with E-state index in [1.54, 1.807) is 6.92 Å². The van der Waals surface area contributed by atoms with Crippen molar-refractivity contribution in [1.29, 1.82) is 0 Å². The highest BCUT2D eigenvalue weighted by Crippen LogP contribution is 2.41. The zero-order valence-electron chi connectivity index (χ0n) is 6.71. The van der Waals surface area contributed by atoms with Crippen molar-refractivity contribution in [2.24, 2.45) is 5.92 Å². The van der Waals surface area contributed by atoms with Crippen LogP contribution in [0.3, 0.4) is 0 Å². The van der Waals surface area contributed by atoms with Gasteiger partial charge in [0.15, 0.2) is 0 Å². The summed E-state index contributed by atoms with van der Waals surface area (Å²) >= 11 is 0. The Morgan fingerprint density at radius 1 is 1.64 bits per heavy atom. The number of rotatable bonds is 4. The third-order valence-corrected chi connectivity index (χ3v) is 2.30. The molecular formula is C8H14O3. The van der Waals surface area contributed by atoms with Crippen LogP contribution in [-0.2, 0) is 4.79 Å². The fourth-order valence-electron chi connectivity index (χ4n) is 1.27. The van der Waals surface area contributed by atoms with E-state index in [9.17, 15) is 9.90 Å². The summed E-state index contributed by atoms with van der Waals surface area (Å²) in [4.78, 5) is 10.2. The van der Waals surface area contributed by atoms with Gasteiger partial charge in [0.2, 0.25) is 0 Å². The molecule has 0 amide bonds. The normalized spacial score (nSPS) is 22.7. The third kappa shape index (κ3) is 2.50. The van der Waals surface area contributed by atoms with E-state index in [2.05, 4.69) is 0 Å². The van der Waals surface area contributed by atoms with Crippen molar-refractivity contribution >= 4 is 5.97 Å². The van der Waals surface area contributed by atoms with Gasteiger partial charge < -0.3 is 10.2 Å². The first-order valence-corrected chi connectivity index (χ1v) is 3.96. The Hall–Kier alpha value is -0.570. The summed E-state index contributed by atoms with van der Waals surface area (Å²) in [5.74, 6) is -0.479. The molecule has 0 aliphatic heterocycles. The van der Waals surface area contributed by atoms with Crippen LogP contribution in [0.2, 0.25) is 0 Å². The van der Waals surface area contributed by atoms with E-state index in [0.29, 0.717) is 12.3 Å². The van der Waals surface area contributed by atoms with Gasteiger partial charge >= 0.3 is 5.97 Å². The van der Waals surface area contributed by atoms with E-state index in [4.69, 9.17) is 5.11 Å². The molecule has 1 fully saturated rings. The van der Waals surface area contributed by atoms with Gasteiger partial charge in [-0.05, 0) is 32.1 Å². The van der Waals surface area contributed by atoms with Crippen LogP contribution in [0.1, 0.15) is 32.6 Å². The summed E-state index contributed by atoms with van der Waals surface area (Å²) in [6, 6.07) is 0. The quantitative estimate of drug-likeness (QED) is 0.642. The summed E-state index contributed by atoms with van der Waals surface area (Å²) in [7, 11) is 0. The lowest BCUT2D eigenvalue weighted by Gasteiger charge is -2.21. The number of hydrogen-bond donors (Lipinski definition) is 2. The number of carbonyl (C=O) groups is 1. The summed E-state index contributed by atoms with van der Waals surface area (Å²) in [5.41, 5.74) is -0.738. The molecule has 0 heterocycles. The molecule has 1 rings (SSSR count). The second kappa shape index (κ2) is 2.81. The minimum absolute atomic E-state index is 0.0729. The van der Waals surface area contributed by atoms with Gasteiger partial charge in [0.25, 0.3) is 0 Å². The van der Waals surface area contributed by atoms with Crippen LogP contribution in [-0.4, -0.2) is 21.8 Å². The second-order valence-electron chi connectivity index (χ2n) is 3.53. The van der Waals surface area contributed by atoms with Crippen LogP contribution >= 0.6 is 0 Å². The standard InChI is InChI=1S/C8H14O3/c1-8(11,6-2-3-6)5-4-7(9)10/h6,11H,2-5H2,1H3,(H,9,10). The number of carboxylic acids is 1. The highest BCUT2D eigenvalue weighted by atomic mass is 16.4. The maximum absolute atomic E-state index is 10.2. The third-order valence-electron chi connectivity index (χ3n) is 2.30. The molecule has 1 aliphatic carbocycles. The molecule has 1 saturated carbocycles. The van der Waals surface area contributed by atoms with E-state index < -0.39 is 11.6 Å². The van der Waals surface area contributed by atoms with E-state index in [1.165, 1.54) is 0 Å². The molecular weight excluding hydrogens is 144 g/mol. The van der Waals surface area contributed by atoms with E-state index >= 15 is 0 Å². The summed E-state index contributed by atoms with van der Waals surface area (Å²) < 4.78 is 0. The van der Waals surface area contributed by atoms with Crippen molar-refractivity contribution in [3.63, 3.8) is 0 Å². The molecule has 0 spiro atoms. The van der Waals surface area contributed by atoms with Crippen LogP contribution in [0.25, 0.3) is 0 Å². The van der Waals surface area contributed by atoms with Gasteiger partial charge in [-0.25, -0.2) is 0 Å². The number of aliphatic carboxylic acids is 1. The topological polar surface area (TPSA) is 57.5 Å². The molecule has 1 aliphatic rings. The predicted octanol–water partition coefficient (Wildman–Crippen LogP) is 1.01. The molecule has 1 atom stereocenters. The van der Waals surface area contributed by atoms with Crippen molar-refractivity contribution in [3.05, 3.63) is 0 Å². The van der Waals surface area contributed by atoms with Crippen molar-refractivity contribution in [2.45, 2.75) is 38.2 Å². The van der Waals surface area contributed by atoms with Crippen LogP contribution in [0, 0.1) is 5.92 Å². The predicted molar refractivity (Wildman–Crippen MR) is 40.2 cm³/mol. The largest absolute Gasteiger partial charge is 0.481 e. The van der Waals surface area contributed by atoms with Gasteiger partial charge in [-0.1, -0.05) is 0 Å². The average molecular weight is 158 g/mol. The number of aliphatic hydroxyl groups is 1. The first-order valence-electron chi connectivity index (χ1n) is 3.96. The molecule has 64 valence electrons. The molecule has 2 N–H and O–H groups in total. The van der Waals surface area contributed by atoms with Crippen LogP contribution in [0.15, 0.2) is 0 Å². The van der Waals surface area contributed by atoms with Crippen molar-refractivity contribution in [3.8, 4) is 0 Å². The van der Waals surface area contributed by atoms with E-state index in [-0.39, 0.29) is 6.42 Å². The first-order chi connectivity index (χ1) is 5.02. The molecule has 0 aromatic heterocycles. The molecule has 0 bridgehead atoms. The first kappa shape index (κ1) is 8.53. The SMILES string of the molecule is CC(O)(CCC(=O)O)C1CC1. The van der Waals surface area contributed by atoms with Gasteiger partial charge in [0.1, 0.15) is 0 Å². The smallest absolute Gasteiger partial charge is 0.303 e. The van der Waals surface area contributed by atoms with Gasteiger partial charge in [0.05, 0.1) is 5.60 Å². The maximum atomic E-state index is 10.2. The molecule has 3 heteroatoms. The average Bonchev–Trinajstić information content (AvgIpc) is 2.64. The molecule has 0 saturated heterocycles. The van der Waals surface area contributed by atoms with Crippen molar-refractivity contribution in [1.82, 2.24) is 0 Å². The molecule has 11 heavy (non-hydrogen) atoms. The summed E-state index contributed by atoms with van der Waals surface area (Å²) in [6.45, 7) is 1.73. The Balaban J connectivity index is 2.27. The monoisotopic (exact) mass is 158 g/mol. The van der Waals surface area contributed by atoms with E-state index in [1.807, 2.05) is 0 Å². The molecule has 0 aromatic carbocycles. The van der Waals surface area contributed by atoms with Gasteiger partial charge in [0, 0.05) is 6.42 Å².